The second-order valence-corrected chi connectivity index (χ2v) is 4.77. The first-order chi connectivity index (χ1) is 9.45. The molecule has 0 spiro atoms. The average molecular weight is 277 g/mol. The lowest BCUT2D eigenvalue weighted by Crippen LogP contribution is -2.14. The minimum Gasteiger partial charge on any atom is -0.481 e. The van der Waals surface area contributed by atoms with Crippen LogP contribution in [0.3, 0.4) is 0 Å². The Hall–Kier alpha value is -2.44. The van der Waals surface area contributed by atoms with Crippen molar-refractivity contribution >= 4 is 5.97 Å². The zero-order valence-corrected chi connectivity index (χ0v) is 11.2. The van der Waals surface area contributed by atoms with E-state index >= 15 is 0 Å². The Kier molecular flexibility index (Phi) is 3.97. The smallest absolute Gasteiger partial charge is 0.303 e. The SMILES string of the molecule is CC(CC(=O)O)Cc1nnc(-c2ccn(C)c(=O)c2)o1. The molecule has 2 heterocycles. The molecule has 1 unspecified atom stereocenters. The number of rotatable bonds is 5. The first-order valence-electron chi connectivity index (χ1n) is 6.17. The van der Waals surface area contributed by atoms with Gasteiger partial charge in [-0.25, -0.2) is 0 Å². The third-order valence-corrected chi connectivity index (χ3v) is 2.86. The third kappa shape index (κ3) is 3.31. The highest BCUT2D eigenvalue weighted by atomic mass is 16.4. The lowest BCUT2D eigenvalue weighted by molar-refractivity contribution is -0.137. The van der Waals surface area contributed by atoms with Crippen molar-refractivity contribution in [1.82, 2.24) is 14.8 Å². The Labute approximate surface area is 114 Å². The molecule has 0 aliphatic heterocycles. The molecule has 7 heteroatoms. The molecule has 0 amide bonds. The Morgan fingerprint density at radius 1 is 1.50 bits per heavy atom. The number of carboxylic acid groups (broad SMARTS) is 1. The number of pyridine rings is 1. The van der Waals surface area contributed by atoms with Gasteiger partial charge >= 0.3 is 5.97 Å². The summed E-state index contributed by atoms with van der Waals surface area (Å²) in [5.74, 6) is -0.317. The van der Waals surface area contributed by atoms with Gasteiger partial charge in [0.1, 0.15) is 0 Å². The maximum Gasteiger partial charge on any atom is 0.303 e. The second-order valence-electron chi connectivity index (χ2n) is 4.77. The molecule has 1 atom stereocenters. The number of carbonyl (C=O) groups is 1. The van der Waals surface area contributed by atoms with Crippen molar-refractivity contribution in [2.45, 2.75) is 19.8 Å². The van der Waals surface area contributed by atoms with Gasteiger partial charge in [0.2, 0.25) is 11.8 Å². The van der Waals surface area contributed by atoms with Gasteiger partial charge < -0.3 is 14.1 Å². The molecule has 2 aromatic rings. The van der Waals surface area contributed by atoms with E-state index in [1.807, 2.05) is 0 Å². The molecule has 0 aromatic carbocycles. The fourth-order valence-corrected chi connectivity index (χ4v) is 1.80. The Morgan fingerprint density at radius 3 is 2.90 bits per heavy atom. The van der Waals surface area contributed by atoms with E-state index in [4.69, 9.17) is 9.52 Å². The van der Waals surface area contributed by atoms with E-state index in [9.17, 15) is 9.59 Å². The second kappa shape index (κ2) is 5.68. The van der Waals surface area contributed by atoms with E-state index < -0.39 is 5.97 Å². The van der Waals surface area contributed by atoms with Crippen LogP contribution in [-0.2, 0) is 18.3 Å². The van der Waals surface area contributed by atoms with E-state index in [0.29, 0.717) is 17.9 Å². The zero-order valence-electron chi connectivity index (χ0n) is 11.2. The van der Waals surface area contributed by atoms with Crippen molar-refractivity contribution < 1.29 is 14.3 Å². The highest BCUT2D eigenvalue weighted by molar-refractivity contribution is 5.66. The van der Waals surface area contributed by atoms with Gasteiger partial charge in [-0.15, -0.1) is 10.2 Å². The van der Waals surface area contributed by atoms with Crippen molar-refractivity contribution in [1.29, 1.82) is 0 Å². The van der Waals surface area contributed by atoms with Crippen molar-refractivity contribution in [2.24, 2.45) is 13.0 Å². The zero-order chi connectivity index (χ0) is 14.7. The first kappa shape index (κ1) is 14.0. The molecule has 7 nitrogen and oxygen atoms in total. The standard InChI is InChI=1S/C13H15N3O4/c1-8(6-12(18)19)5-10-14-15-13(20-10)9-3-4-16(2)11(17)7-9/h3-4,7-8H,5-6H2,1-2H3,(H,18,19). The molecular weight excluding hydrogens is 262 g/mol. The van der Waals surface area contributed by atoms with E-state index in [0.717, 1.165) is 0 Å². The number of aliphatic carboxylic acids is 1. The Morgan fingerprint density at radius 2 is 2.25 bits per heavy atom. The molecule has 0 aliphatic rings. The summed E-state index contributed by atoms with van der Waals surface area (Å²) in [6.45, 7) is 1.80. The van der Waals surface area contributed by atoms with Gasteiger partial charge in [0.05, 0.1) is 0 Å². The monoisotopic (exact) mass is 277 g/mol. The van der Waals surface area contributed by atoms with Gasteiger partial charge in [-0.2, -0.15) is 0 Å². The lowest BCUT2D eigenvalue weighted by atomic mass is 10.0. The molecular formula is C13H15N3O4. The van der Waals surface area contributed by atoms with E-state index in [2.05, 4.69) is 10.2 Å². The summed E-state index contributed by atoms with van der Waals surface area (Å²) in [7, 11) is 1.65. The maximum atomic E-state index is 11.5. The average Bonchev–Trinajstić information content (AvgIpc) is 2.80. The van der Waals surface area contributed by atoms with Crippen LogP contribution in [0, 0.1) is 5.92 Å². The van der Waals surface area contributed by atoms with Crippen LogP contribution in [0.15, 0.2) is 27.5 Å². The van der Waals surface area contributed by atoms with Gasteiger partial charge in [0.25, 0.3) is 5.56 Å². The van der Waals surface area contributed by atoms with Crippen molar-refractivity contribution in [3.8, 4) is 11.5 Å². The molecule has 1 N–H and O–H groups in total. The minimum atomic E-state index is -0.858. The third-order valence-electron chi connectivity index (χ3n) is 2.86. The molecule has 0 bridgehead atoms. The lowest BCUT2D eigenvalue weighted by Gasteiger charge is -2.03. The molecule has 0 radical (unpaired) electrons. The molecule has 2 aromatic heterocycles. The Bertz CT molecular complexity index is 674. The molecule has 0 aliphatic carbocycles. The fraction of sp³-hybridized carbons (Fsp3) is 0.385. The number of nitrogens with zero attached hydrogens (tertiary/aromatic N) is 3. The summed E-state index contributed by atoms with van der Waals surface area (Å²) < 4.78 is 6.89. The van der Waals surface area contributed by atoms with Crippen LogP contribution >= 0.6 is 0 Å². The molecule has 0 saturated carbocycles. The molecule has 0 saturated heterocycles. The summed E-state index contributed by atoms with van der Waals surface area (Å²) in [6, 6.07) is 3.12. The normalized spacial score (nSPS) is 12.3. The van der Waals surface area contributed by atoms with Crippen molar-refractivity contribution in [2.75, 3.05) is 0 Å². The summed E-state index contributed by atoms with van der Waals surface area (Å²) in [5.41, 5.74) is 0.388. The maximum absolute atomic E-state index is 11.5. The van der Waals surface area contributed by atoms with Gasteiger partial charge in [0, 0.05) is 37.7 Å². The number of hydrogen-bond donors (Lipinski definition) is 1. The molecule has 106 valence electrons. The van der Waals surface area contributed by atoms with Crippen molar-refractivity contribution in [3.63, 3.8) is 0 Å². The fourth-order valence-electron chi connectivity index (χ4n) is 1.80. The van der Waals surface area contributed by atoms with Gasteiger partial charge in [-0.1, -0.05) is 6.92 Å². The number of aryl methyl sites for hydroxylation is 1. The molecule has 20 heavy (non-hydrogen) atoms. The summed E-state index contributed by atoms with van der Waals surface area (Å²) in [4.78, 5) is 22.1. The van der Waals surface area contributed by atoms with Gasteiger partial charge in [0.15, 0.2) is 0 Å². The van der Waals surface area contributed by atoms with Gasteiger partial charge in [-0.05, 0) is 12.0 Å². The van der Waals surface area contributed by atoms with Crippen LogP contribution in [-0.4, -0.2) is 25.8 Å². The predicted octanol–water partition coefficient (Wildman–Crippen LogP) is 1.09. The number of carboxylic acids is 1. The number of hydrogen-bond acceptors (Lipinski definition) is 5. The number of aromatic nitrogens is 3. The molecule has 0 fully saturated rings. The van der Waals surface area contributed by atoms with E-state index in [1.165, 1.54) is 10.6 Å². The topological polar surface area (TPSA) is 98.2 Å². The summed E-state index contributed by atoms with van der Waals surface area (Å²) in [6.07, 6.45) is 2.06. The van der Waals surface area contributed by atoms with Crippen LogP contribution in [0.4, 0.5) is 0 Å². The van der Waals surface area contributed by atoms with Crippen molar-refractivity contribution in [3.05, 3.63) is 34.6 Å². The van der Waals surface area contributed by atoms with E-state index in [1.54, 1.807) is 26.2 Å². The first-order valence-corrected chi connectivity index (χ1v) is 6.17. The van der Waals surface area contributed by atoms with Crippen LogP contribution in [0.25, 0.3) is 11.5 Å². The van der Waals surface area contributed by atoms with E-state index in [-0.39, 0.29) is 23.8 Å². The Balaban J connectivity index is 2.14. The van der Waals surface area contributed by atoms with Crippen LogP contribution in [0.2, 0.25) is 0 Å². The largest absolute Gasteiger partial charge is 0.481 e. The predicted molar refractivity (Wildman–Crippen MR) is 70.1 cm³/mol. The quantitative estimate of drug-likeness (QED) is 0.878. The summed E-state index contributed by atoms with van der Waals surface area (Å²) >= 11 is 0. The van der Waals surface area contributed by atoms with Crippen LogP contribution in [0.1, 0.15) is 19.2 Å². The highest BCUT2D eigenvalue weighted by Gasteiger charge is 2.14. The van der Waals surface area contributed by atoms with Gasteiger partial charge in [-0.3, -0.25) is 9.59 Å². The van der Waals surface area contributed by atoms with Crippen LogP contribution in [0.5, 0.6) is 0 Å². The molecule has 2 rings (SSSR count). The van der Waals surface area contributed by atoms with Crippen LogP contribution < -0.4 is 5.56 Å². The summed E-state index contributed by atoms with van der Waals surface area (Å²) in [5, 5.41) is 16.4. The minimum absolute atomic E-state index is 0.0452. The highest BCUT2D eigenvalue weighted by Crippen LogP contribution is 2.18.